The molecule has 0 atom stereocenters. The van der Waals surface area contributed by atoms with Gasteiger partial charge in [-0.1, -0.05) is 190 Å². The average Bonchev–Trinajstić information content (AvgIpc) is 3.82. The number of nitrogens with zero attached hydrogens (tertiary/aromatic N) is 2. The van der Waals surface area contributed by atoms with Gasteiger partial charge >= 0.3 is 0 Å². The highest BCUT2D eigenvalue weighted by Crippen LogP contribution is 2.58. The molecule has 0 unspecified atom stereocenters. The number of benzene rings is 7. The van der Waals surface area contributed by atoms with Crippen molar-refractivity contribution in [1.82, 2.24) is 0 Å². The Hall–Kier alpha value is -5.80. The molecule has 2 aliphatic heterocycles. The highest BCUT2D eigenvalue weighted by molar-refractivity contribution is 7.00. The highest BCUT2D eigenvalue weighted by atomic mass is 15.2. The van der Waals surface area contributed by atoms with Gasteiger partial charge in [-0.15, -0.1) is 0 Å². The second-order valence-electron chi connectivity index (χ2n) is 29.7. The lowest BCUT2D eigenvalue weighted by molar-refractivity contribution is 0.402. The standard InChI is InChI=1S/C71H79BN2/c1-41-30-50-53(69(13,14)39-66(50,7)8)36-58(41)74-57-29-26-42(45-23-21-25-49-62(45)46-22-19-20-24-47(46)71(49,17)18)31-55(57)72-56-35-52-54(70(15,16)40-68(52,11)12)37-59(56)73(60-32-43(64(2,3)4)33-61(74)63(60)72)44-27-28-48-51(34-44)67(9,10)38-65(48,5)6/h19-37H,38-40H2,1-18H3. The summed E-state index contributed by atoms with van der Waals surface area (Å²) >= 11 is 0. The van der Waals surface area contributed by atoms with Gasteiger partial charge in [0.25, 0.3) is 6.71 Å². The zero-order valence-electron chi connectivity index (χ0n) is 48.1. The predicted molar refractivity (Wildman–Crippen MR) is 319 cm³/mol. The van der Waals surface area contributed by atoms with E-state index in [4.69, 9.17) is 0 Å². The maximum Gasteiger partial charge on any atom is 0.252 e. The van der Waals surface area contributed by atoms with Gasteiger partial charge in [0, 0.05) is 39.5 Å². The first-order valence-corrected chi connectivity index (χ1v) is 28.1. The van der Waals surface area contributed by atoms with Gasteiger partial charge in [0.15, 0.2) is 0 Å². The normalized spacial score (nSPS) is 20.5. The van der Waals surface area contributed by atoms with Crippen molar-refractivity contribution < 1.29 is 0 Å². The first-order valence-electron chi connectivity index (χ1n) is 28.1. The van der Waals surface area contributed by atoms with E-state index >= 15 is 0 Å². The molecule has 7 aromatic rings. The summed E-state index contributed by atoms with van der Waals surface area (Å²) in [5.74, 6) is 0. The second-order valence-corrected chi connectivity index (χ2v) is 29.7. The number of aryl methyl sites for hydroxylation is 1. The molecule has 7 aromatic carbocycles. The third kappa shape index (κ3) is 6.43. The first kappa shape index (κ1) is 47.9. The summed E-state index contributed by atoms with van der Waals surface area (Å²) in [5.41, 5.74) is 32.0. The lowest BCUT2D eigenvalue weighted by Crippen LogP contribution is -2.61. The van der Waals surface area contributed by atoms with Crippen LogP contribution >= 0.6 is 0 Å². The van der Waals surface area contributed by atoms with Gasteiger partial charge in [-0.25, -0.2) is 0 Å². The fourth-order valence-electron chi connectivity index (χ4n) is 17.1. The van der Waals surface area contributed by atoms with Crippen LogP contribution in [-0.2, 0) is 43.3 Å². The molecule has 3 heteroatoms. The van der Waals surface area contributed by atoms with Gasteiger partial charge in [-0.05, 0) is 201 Å². The molecule has 376 valence electrons. The largest absolute Gasteiger partial charge is 0.311 e. The molecular formula is C71H79BN2. The minimum Gasteiger partial charge on any atom is -0.311 e. The van der Waals surface area contributed by atoms with Gasteiger partial charge in [0.2, 0.25) is 0 Å². The third-order valence-electron chi connectivity index (χ3n) is 19.9. The van der Waals surface area contributed by atoms with Gasteiger partial charge < -0.3 is 9.80 Å². The molecule has 0 aromatic heterocycles. The van der Waals surface area contributed by atoms with Crippen LogP contribution in [0, 0.1) is 6.92 Å². The van der Waals surface area contributed by atoms with Crippen LogP contribution in [-0.4, -0.2) is 6.71 Å². The molecule has 0 saturated carbocycles. The van der Waals surface area contributed by atoms with Crippen LogP contribution in [0.4, 0.5) is 34.1 Å². The molecule has 0 spiro atoms. The Labute approximate surface area is 445 Å². The Morgan fingerprint density at radius 2 is 0.919 bits per heavy atom. The Balaban J connectivity index is 1.16. The van der Waals surface area contributed by atoms with Crippen LogP contribution < -0.4 is 26.2 Å². The zero-order valence-corrected chi connectivity index (χ0v) is 48.1. The Kier molecular flexibility index (Phi) is 9.43. The zero-order chi connectivity index (χ0) is 52.6. The van der Waals surface area contributed by atoms with E-state index in [1.54, 1.807) is 0 Å². The van der Waals surface area contributed by atoms with Crippen LogP contribution in [0.3, 0.4) is 0 Å². The number of fused-ring (bicyclic) bond motifs is 10. The van der Waals surface area contributed by atoms with Crippen molar-refractivity contribution in [1.29, 1.82) is 0 Å². The first-order chi connectivity index (χ1) is 34.4. The van der Waals surface area contributed by atoms with Gasteiger partial charge in [-0.2, -0.15) is 0 Å². The molecule has 0 bridgehead atoms. The summed E-state index contributed by atoms with van der Waals surface area (Å²) in [6.45, 7) is 44.1. The highest BCUT2D eigenvalue weighted by Gasteiger charge is 2.51. The summed E-state index contributed by atoms with van der Waals surface area (Å²) in [4.78, 5) is 5.47. The van der Waals surface area contributed by atoms with E-state index in [1.807, 2.05) is 0 Å². The van der Waals surface area contributed by atoms with Crippen molar-refractivity contribution in [2.75, 3.05) is 9.80 Å². The van der Waals surface area contributed by atoms with E-state index in [-0.39, 0.29) is 50.0 Å². The molecular weight excluding hydrogens is 892 g/mol. The molecule has 4 aliphatic carbocycles. The molecule has 6 aliphatic rings. The monoisotopic (exact) mass is 971 g/mol. The maximum absolute atomic E-state index is 2.74. The fraction of sp³-hybridized carbons (Fsp3) is 0.408. The number of rotatable bonds is 3. The molecule has 0 radical (unpaired) electrons. The number of hydrogen-bond donors (Lipinski definition) is 0. The van der Waals surface area contributed by atoms with Crippen molar-refractivity contribution in [3.63, 3.8) is 0 Å². The van der Waals surface area contributed by atoms with Crippen LogP contribution in [0.15, 0.2) is 115 Å². The second kappa shape index (κ2) is 14.6. The van der Waals surface area contributed by atoms with E-state index in [9.17, 15) is 0 Å². The van der Waals surface area contributed by atoms with Crippen molar-refractivity contribution in [3.8, 4) is 22.3 Å². The minimum absolute atomic E-state index is 0.00771. The Bertz CT molecular complexity index is 3640. The predicted octanol–water partition coefficient (Wildman–Crippen LogP) is 17.2. The van der Waals surface area contributed by atoms with Gasteiger partial charge in [0.05, 0.1) is 0 Å². The Morgan fingerprint density at radius 3 is 1.55 bits per heavy atom. The number of hydrogen-bond acceptors (Lipinski definition) is 2. The van der Waals surface area contributed by atoms with Gasteiger partial charge in [0.1, 0.15) is 0 Å². The maximum atomic E-state index is 2.74. The molecule has 0 N–H and O–H groups in total. The van der Waals surface area contributed by atoms with Crippen LogP contribution in [0.2, 0.25) is 0 Å². The summed E-state index contributed by atoms with van der Waals surface area (Å²) in [5, 5.41) is 0. The van der Waals surface area contributed by atoms with Crippen molar-refractivity contribution in [3.05, 3.63) is 171 Å². The summed E-state index contributed by atoms with van der Waals surface area (Å²) < 4.78 is 0. The van der Waals surface area contributed by atoms with Crippen LogP contribution in [0.5, 0.6) is 0 Å². The van der Waals surface area contributed by atoms with E-state index in [2.05, 4.69) is 250 Å². The molecule has 2 nitrogen and oxygen atoms in total. The van der Waals surface area contributed by atoms with Crippen molar-refractivity contribution in [2.45, 2.75) is 187 Å². The van der Waals surface area contributed by atoms with Crippen LogP contribution in [0.1, 0.15) is 193 Å². The van der Waals surface area contributed by atoms with E-state index < -0.39 is 0 Å². The summed E-state index contributed by atoms with van der Waals surface area (Å²) in [7, 11) is 0. The molecule has 13 rings (SSSR count). The molecule has 74 heavy (non-hydrogen) atoms. The minimum atomic E-state index is -0.118. The molecule has 0 amide bonds. The quantitative estimate of drug-likeness (QED) is 0.163. The van der Waals surface area contributed by atoms with E-state index in [0.717, 1.165) is 19.3 Å². The van der Waals surface area contributed by atoms with E-state index in [0.29, 0.717) is 0 Å². The van der Waals surface area contributed by atoms with Crippen LogP contribution in [0.25, 0.3) is 22.3 Å². The summed E-state index contributed by atoms with van der Waals surface area (Å²) in [6.07, 6.45) is 3.39. The summed E-state index contributed by atoms with van der Waals surface area (Å²) in [6, 6.07) is 47.2. The van der Waals surface area contributed by atoms with E-state index in [1.165, 1.54) is 128 Å². The average molecular weight is 971 g/mol. The third-order valence-corrected chi connectivity index (χ3v) is 19.9. The molecule has 0 saturated heterocycles. The van der Waals surface area contributed by atoms with Crippen molar-refractivity contribution >= 4 is 57.2 Å². The van der Waals surface area contributed by atoms with Gasteiger partial charge in [-0.3, -0.25) is 0 Å². The lowest BCUT2D eigenvalue weighted by atomic mass is 9.33. The SMILES string of the molecule is Cc1cc2c(cc1N1c3ccc(-c4cccc5c4-c4ccccc4C5(C)C)cc3B3c4cc5c(cc4N(c4ccc6c(c4)C(C)(C)CC6(C)C)c4cc(C(C)(C)C)cc1c43)C(C)(C)CC5(C)C)C(C)(C)CC2(C)C. The topological polar surface area (TPSA) is 6.48 Å². The number of anilines is 6. The molecule has 0 fully saturated rings. The smallest absolute Gasteiger partial charge is 0.252 e. The lowest BCUT2D eigenvalue weighted by Gasteiger charge is -2.46. The van der Waals surface area contributed by atoms with Crippen molar-refractivity contribution in [2.24, 2.45) is 0 Å². The fourth-order valence-corrected chi connectivity index (χ4v) is 17.1. The molecule has 2 heterocycles. The Morgan fingerprint density at radius 1 is 0.405 bits per heavy atom.